The van der Waals surface area contributed by atoms with Crippen molar-refractivity contribution in [1.82, 2.24) is 4.90 Å². The van der Waals surface area contributed by atoms with Crippen LogP contribution in [0.3, 0.4) is 0 Å². The number of benzene rings is 2. The number of nitrogens with zero attached hydrogens (tertiary/aromatic N) is 2. The average molecular weight is 428 g/mol. The van der Waals surface area contributed by atoms with Crippen LogP contribution in [0.1, 0.15) is 18.4 Å². The van der Waals surface area contributed by atoms with E-state index >= 15 is 0 Å². The smallest absolute Gasteiger partial charge is 0.312 e. The van der Waals surface area contributed by atoms with E-state index in [4.69, 9.17) is 22.1 Å². The van der Waals surface area contributed by atoms with Crippen molar-refractivity contribution < 1.29 is 14.5 Å². The van der Waals surface area contributed by atoms with Crippen LogP contribution >= 0.6 is 24.0 Å². The number of amides is 1. The maximum Gasteiger partial charge on any atom is 0.312 e. The minimum atomic E-state index is -0.564. The monoisotopic (exact) mass is 427 g/mol. The molecule has 2 aromatic carbocycles. The highest BCUT2D eigenvalue weighted by atomic mass is 35.5. The molecule has 0 aromatic heterocycles. The van der Waals surface area contributed by atoms with Crippen LogP contribution < -0.4 is 10.5 Å². The van der Waals surface area contributed by atoms with Crippen molar-refractivity contribution in [3.63, 3.8) is 0 Å². The van der Waals surface area contributed by atoms with Crippen molar-refractivity contribution in [2.45, 2.75) is 19.4 Å². The maximum atomic E-state index is 12.6. The fourth-order valence-corrected chi connectivity index (χ4v) is 2.71. The van der Waals surface area contributed by atoms with E-state index in [9.17, 15) is 14.9 Å². The third-order valence-corrected chi connectivity index (χ3v) is 4.13. The Kier molecular flexibility index (Phi) is 10.3. The molecule has 0 spiro atoms. The molecule has 0 saturated carbocycles. The van der Waals surface area contributed by atoms with E-state index in [0.717, 1.165) is 5.56 Å². The van der Waals surface area contributed by atoms with Gasteiger partial charge in [0.05, 0.1) is 18.0 Å². The number of nitro benzene ring substituents is 1. The predicted octanol–water partition coefficient (Wildman–Crippen LogP) is 3.82. The van der Waals surface area contributed by atoms with Gasteiger partial charge in [-0.2, -0.15) is 0 Å². The Bertz CT molecular complexity index is 775. The molecule has 0 aliphatic rings. The van der Waals surface area contributed by atoms with Gasteiger partial charge in [0, 0.05) is 24.2 Å². The summed E-state index contributed by atoms with van der Waals surface area (Å²) >= 11 is 5.78. The minimum absolute atomic E-state index is 0. The third kappa shape index (κ3) is 7.34. The number of nitrogens with two attached hydrogens (primary N) is 1. The van der Waals surface area contributed by atoms with Crippen LogP contribution in [0.15, 0.2) is 48.5 Å². The van der Waals surface area contributed by atoms with Gasteiger partial charge >= 0.3 is 5.69 Å². The lowest BCUT2D eigenvalue weighted by atomic mass is 10.2. The molecule has 0 heterocycles. The zero-order chi connectivity index (χ0) is 19.6. The fourth-order valence-electron chi connectivity index (χ4n) is 2.54. The zero-order valence-electron chi connectivity index (χ0n) is 15.3. The standard InChI is InChI=1S/C19H22ClN3O4.ClH/c20-16-7-8-18(17(13-16)23(25)26)27-12-9-19(24)22(11-4-10-21)14-15-5-2-1-3-6-15;/h1-3,5-8,13H,4,9-12,14,21H2;1H. The van der Waals surface area contributed by atoms with Gasteiger partial charge in [-0.25, -0.2) is 0 Å². The lowest BCUT2D eigenvalue weighted by Gasteiger charge is -2.23. The normalized spacial score (nSPS) is 10.1. The third-order valence-electron chi connectivity index (χ3n) is 3.89. The van der Waals surface area contributed by atoms with Gasteiger partial charge in [0.2, 0.25) is 5.91 Å². The van der Waals surface area contributed by atoms with Crippen LogP contribution in [0.25, 0.3) is 0 Å². The number of nitro groups is 1. The van der Waals surface area contributed by atoms with Crippen LogP contribution in [0, 0.1) is 10.1 Å². The number of halogens is 2. The average Bonchev–Trinajstić information content (AvgIpc) is 2.66. The maximum absolute atomic E-state index is 12.6. The highest BCUT2D eigenvalue weighted by molar-refractivity contribution is 6.30. The van der Waals surface area contributed by atoms with Crippen molar-refractivity contribution in [2.75, 3.05) is 19.7 Å². The van der Waals surface area contributed by atoms with Gasteiger partial charge in [0.15, 0.2) is 5.75 Å². The highest BCUT2D eigenvalue weighted by Gasteiger charge is 2.18. The molecule has 0 bridgehead atoms. The number of rotatable bonds is 10. The SMILES string of the molecule is Cl.NCCCN(Cc1ccccc1)C(=O)CCOc1ccc(Cl)cc1[N+](=O)[O-]. The van der Waals surface area contributed by atoms with E-state index < -0.39 is 4.92 Å². The van der Waals surface area contributed by atoms with Crippen LogP contribution in [0.2, 0.25) is 5.02 Å². The molecule has 152 valence electrons. The summed E-state index contributed by atoms with van der Waals surface area (Å²) in [7, 11) is 0. The fraction of sp³-hybridized carbons (Fsp3) is 0.316. The number of carbonyl (C=O) groups is 1. The molecular formula is C19H23Cl2N3O4. The zero-order valence-corrected chi connectivity index (χ0v) is 16.8. The first-order valence-electron chi connectivity index (χ1n) is 8.59. The molecule has 2 aromatic rings. The van der Waals surface area contributed by atoms with Crippen molar-refractivity contribution in [3.8, 4) is 5.75 Å². The van der Waals surface area contributed by atoms with E-state index in [0.29, 0.717) is 26.1 Å². The molecule has 0 fully saturated rings. The number of hydrogen-bond acceptors (Lipinski definition) is 5. The topological polar surface area (TPSA) is 98.7 Å². The molecule has 7 nitrogen and oxygen atoms in total. The van der Waals surface area contributed by atoms with Gasteiger partial charge in [-0.3, -0.25) is 14.9 Å². The predicted molar refractivity (Wildman–Crippen MR) is 111 cm³/mol. The van der Waals surface area contributed by atoms with E-state index in [2.05, 4.69) is 0 Å². The Morgan fingerprint density at radius 2 is 1.93 bits per heavy atom. The number of carbonyl (C=O) groups excluding carboxylic acids is 1. The summed E-state index contributed by atoms with van der Waals surface area (Å²) < 4.78 is 5.46. The lowest BCUT2D eigenvalue weighted by molar-refractivity contribution is -0.385. The molecule has 9 heteroatoms. The molecule has 1 amide bonds. The lowest BCUT2D eigenvalue weighted by Crippen LogP contribution is -2.33. The second-order valence-electron chi connectivity index (χ2n) is 5.91. The van der Waals surface area contributed by atoms with Crippen molar-refractivity contribution >= 4 is 35.6 Å². The summed E-state index contributed by atoms with van der Waals surface area (Å²) in [5, 5.41) is 11.3. The van der Waals surface area contributed by atoms with Gasteiger partial charge in [0.1, 0.15) is 0 Å². The molecule has 0 saturated heterocycles. The first-order valence-corrected chi connectivity index (χ1v) is 8.97. The number of hydrogen-bond donors (Lipinski definition) is 1. The molecular weight excluding hydrogens is 405 g/mol. The first-order chi connectivity index (χ1) is 13.0. The van der Waals surface area contributed by atoms with E-state index in [1.807, 2.05) is 30.3 Å². The summed E-state index contributed by atoms with van der Waals surface area (Å²) in [5.41, 5.74) is 6.37. The molecule has 28 heavy (non-hydrogen) atoms. The summed E-state index contributed by atoms with van der Waals surface area (Å²) in [6, 6.07) is 13.8. The van der Waals surface area contributed by atoms with Gasteiger partial charge < -0.3 is 15.4 Å². The van der Waals surface area contributed by atoms with E-state index in [1.54, 1.807) is 4.90 Å². The summed E-state index contributed by atoms with van der Waals surface area (Å²) in [6.07, 6.45) is 0.805. The summed E-state index contributed by atoms with van der Waals surface area (Å²) in [6.45, 7) is 1.56. The molecule has 2 rings (SSSR count). The van der Waals surface area contributed by atoms with Gasteiger partial charge in [0.25, 0.3) is 0 Å². The van der Waals surface area contributed by atoms with E-state index in [1.165, 1.54) is 18.2 Å². The second kappa shape index (κ2) is 12.2. The van der Waals surface area contributed by atoms with E-state index in [-0.39, 0.29) is 47.8 Å². The van der Waals surface area contributed by atoms with Gasteiger partial charge in [-0.1, -0.05) is 41.9 Å². The molecule has 0 aliphatic heterocycles. The molecule has 0 unspecified atom stereocenters. The Labute approximate surface area is 175 Å². The van der Waals surface area contributed by atoms with Crippen molar-refractivity contribution in [2.24, 2.45) is 5.73 Å². The Morgan fingerprint density at radius 3 is 2.57 bits per heavy atom. The largest absolute Gasteiger partial charge is 0.486 e. The van der Waals surface area contributed by atoms with Crippen LogP contribution in [-0.4, -0.2) is 35.4 Å². The first kappa shape index (κ1) is 23.7. The number of ether oxygens (including phenoxy) is 1. The quantitative estimate of drug-likeness (QED) is 0.458. The Morgan fingerprint density at radius 1 is 1.21 bits per heavy atom. The van der Waals surface area contributed by atoms with Crippen LogP contribution in [0.4, 0.5) is 5.69 Å². The minimum Gasteiger partial charge on any atom is -0.486 e. The molecule has 0 aliphatic carbocycles. The second-order valence-corrected chi connectivity index (χ2v) is 6.35. The highest BCUT2D eigenvalue weighted by Crippen LogP contribution is 2.29. The Balaban J connectivity index is 0.00000392. The van der Waals surface area contributed by atoms with Crippen LogP contribution in [0.5, 0.6) is 5.75 Å². The Hall–Kier alpha value is -2.35. The molecule has 0 atom stereocenters. The van der Waals surface area contributed by atoms with Crippen LogP contribution in [-0.2, 0) is 11.3 Å². The summed E-state index contributed by atoms with van der Waals surface area (Å²) in [5.74, 6) is -0.00214. The van der Waals surface area contributed by atoms with Gasteiger partial charge in [-0.15, -0.1) is 12.4 Å². The molecule has 0 radical (unpaired) electrons. The summed E-state index contributed by atoms with van der Waals surface area (Å²) in [4.78, 5) is 24.8. The molecule has 2 N–H and O–H groups in total. The van der Waals surface area contributed by atoms with Crippen molar-refractivity contribution in [1.29, 1.82) is 0 Å². The van der Waals surface area contributed by atoms with Crippen molar-refractivity contribution in [3.05, 3.63) is 69.2 Å². The van der Waals surface area contributed by atoms with Gasteiger partial charge in [-0.05, 0) is 30.7 Å².